The Kier molecular flexibility index (Phi) is 2.48. The fraction of sp³-hybridized carbons (Fsp3) is 0. The van der Waals surface area contributed by atoms with Crippen molar-refractivity contribution in [3.05, 3.63) is 0 Å². The van der Waals surface area contributed by atoms with Crippen LogP contribution in [0.3, 0.4) is 0 Å². The fourth-order valence-corrected chi connectivity index (χ4v) is 0. The Morgan fingerprint density at radius 2 is 2.20 bits per heavy atom. The Bertz CT molecular complexity index is 44.9. The molecule has 0 aliphatic rings. The summed E-state index contributed by atoms with van der Waals surface area (Å²) in [6, 6.07) is 0. The summed E-state index contributed by atoms with van der Waals surface area (Å²) in [6.45, 7) is 0. The van der Waals surface area contributed by atoms with Crippen molar-refractivity contribution in [2.24, 2.45) is 3.95 Å². The Hall–Kier alpha value is 0.160. The molecular weight excluding hydrogens is 185 g/mol. The van der Waals surface area contributed by atoms with Crippen molar-refractivity contribution in [2.45, 2.75) is 0 Å². The zero-order valence-electron chi connectivity index (χ0n) is 2.31. The SMILES string of the molecule is N[I-]C(=O)O. The second-order valence-corrected chi connectivity index (χ2v) is 1.91. The Morgan fingerprint density at radius 1 is 2.00 bits per heavy atom. The molecule has 0 spiro atoms. The topological polar surface area (TPSA) is 63.3 Å². The first-order valence-corrected chi connectivity index (χ1v) is 3.16. The second kappa shape index (κ2) is 2.40. The molecule has 0 bridgehead atoms. The summed E-state index contributed by atoms with van der Waals surface area (Å²) >= 11 is -1.04. The van der Waals surface area contributed by atoms with Gasteiger partial charge in [-0.25, -0.2) is 0 Å². The molecule has 0 fully saturated rings. The number of hydrogen-bond donors (Lipinski definition) is 2. The molecule has 0 aromatic heterocycles. The van der Waals surface area contributed by atoms with Gasteiger partial charge in [0.05, 0.1) is 0 Å². The molecule has 0 amide bonds. The summed E-state index contributed by atoms with van der Waals surface area (Å²) in [5.74, 6) is 0. The number of carboxylic acid groups (broad SMARTS) is 1. The number of hydrogen-bond acceptors (Lipinski definition) is 2. The van der Waals surface area contributed by atoms with Gasteiger partial charge in [0, 0.05) is 0 Å². The van der Waals surface area contributed by atoms with E-state index < -0.39 is 25.5 Å². The summed E-state index contributed by atoms with van der Waals surface area (Å²) in [7, 11) is 0. The number of carbonyl (C=O) groups is 1. The fourth-order valence-electron chi connectivity index (χ4n) is 0. The van der Waals surface area contributed by atoms with Gasteiger partial charge >= 0.3 is 39.3 Å². The van der Waals surface area contributed by atoms with Crippen LogP contribution in [0.25, 0.3) is 0 Å². The van der Waals surface area contributed by atoms with E-state index >= 15 is 0 Å². The molecule has 32 valence electrons. The molecule has 0 unspecified atom stereocenters. The van der Waals surface area contributed by atoms with Crippen LogP contribution in [0.1, 0.15) is 0 Å². The molecule has 4 heteroatoms. The van der Waals surface area contributed by atoms with E-state index in [1.54, 1.807) is 0 Å². The van der Waals surface area contributed by atoms with Crippen LogP contribution in [0.15, 0.2) is 0 Å². The van der Waals surface area contributed by atoms with Gasteiger partial charge in [0.25, 0.3) is 0 Å². The average molecular weight is 188 g/mol. The Morgan fingerprint density at radius 3 is 2.20 bits per heavy atom. The molecular formula is CH3INO2-. The maximum absolute atomic E-state index is 9.29. The van der Waals surface area contributed by atoms with Gasteiger partial charge in [-0.05, 0) is 0 Å². The standard InChI is InChI=1S/CH3INO2/c3-2-1(4)5/h3H2,(H,4,5)/q-1. The minimum absolute atomic E-state index is 0.858. The van der Waals surface area contributed by atoms with Crippen LogP contribution in [0.2, 0.25) is 0 Å². The van der Waals surface area contributed by atoms with Gasteiger partial charge in [-0.3, -0.25) is 0 Å². The summed E-state index contributed by atoms with van der Waals surface area (Å²) in [6.07, 6.45) is 0. The normalized spacial score (nSPS) is 8.20. The maximum atomic E-state index is 9.29. The molecule has 5 heavy (non-hydrogen) atoms. The Labute approximate surface area is 39.8 Å². The van der Waals surface area contributed by atoms with Gasteiger partial charge in [0.1, 0.15) is 0 Å². The first-order valence-electron chi connectivity index (χ1n) is 0.835. The second-order valence-electron chi connectivity index (χ2n) is 0.362. The molecule has 0 radical (unpaired) electrons. The van der Waals surface area contributed by atoms with Gasteiger partial charge in [0.15, 0.2) is 0 Å². The van der Waals surface area contributed by atoms with Crippen molar-refractivity contribution in [3.8, 4) is 0 Å². The quantitative estimate of drug-likeness (QED) is 0.256. The van der Waals surface area contributed by atoms with E-state index in [-0.39, 0.29) is 0 Å². The van der Waals surface area contributed by atoms with Crippen molar-refractivity contribution in [1.82, 2.24) is 0 Å². The van der Waals surface area contributed by atoms with E-state index in [0.29, 0.717) is 0 Å². The third-order valence-corrected chi connectivity index (χ3v) is 0.626. The predicted octanol–water partition coefficient (Wildman–Crippen LogP) is -3.37. The Balaban J connectivity index is 2.85. The number of halogens is 1. The van der Waals surface area contributed by atoms with Crippen LogP contribution in [0, 0.1) is 0 Å². The van der Waals surface area contributed by atoms with Gasteiger partial charge in [-0.1, -0.05) is 0 Å². The molecule has 0 saturated heterocycles. The van der Waals surface area contributed by atoms with Gasteiger partial charge < -0.3 is 0 Å². The van der Waals surface area contributed by atoms with Crippen molar-refractivity contribution in [1.29, 1.82) is 0 Å². The van der Waals surface area contributed by atoms with Crippen molar-refractivity contribution in [2.75, 3.05) is 0 Å². The predicted molar refractivity (Wildman–Crippen MR) is 12.2 cm³/mol. The number of nitrogens with two attached hydrogens (primary N) is 1. The molecule has 0 heterocycles. The van der Waals surface area contributed by atoms with E-state index in [4.69, 9.17) is 5.11 Å². The van der Waals surface area contributed by atoms with E-state index in [0.717, 1.165) is 0 Å². The van der Waals surface area contributed by atoms with Crippen LogP contribution in [0.5, 0.6) is 0 Å². The molecule has 0 aliphatic heterocycles. The third kappa shape index (κ3) is 4.16. The molecule has 0 aromatic carbocycles. The van der Waals surface area contributed by atoms with Crippen molar-refractivity contribution in [3.63, 3.8) is 0 Å². The van der Waals surface area contributed by atoms with Crippen LogP contribution in [0.4, 0.5) is 4.79 Å². The van der Waals surface area contributed by atoms with Gasteiger partial charge in [-0.2, -0.15) is 0 Å². The van der Waals surface area contributed by atoms with E-state index in [1.165, 1.54) is 0 Å². The van der Waals surface area contributed by atoms with Crippen molar-refractivity contribution >= 4 is 3.98 Å². The molecule has 0 saturated carbocycles. The average Bonchev–Trinajstić information content (AvgIpc) is 1.38. The van der Waals surface area contributed by atoms with Gasteiger partial charge in [0.2, 0.25) is 0 Å². The molecule has 0 rings (SSSR count). The van der Waals surface area contributed by atoms with E-state index in [9.17, 15) is 4.79 Å². The first-order chi connectivity index (χ1) is 2.27. The molecule has 3 nitrogen and oxygen atoms in total. The van der Waals surface area contributed by atoms with E-state index in [1.807, 2.05) is 0 Å². The van der Waals surface area contributed by atoms with Crippen LogP contribution >= 0.6 is 0 Å². The summed E-state index contributed by atoms with van der Waals surface area (Å²) < 4.78 is 3.82. The van der Waals surface area contributed by atoms with Gasteiger partial charge in [-0.15, -0.1) is 0 Å². The first kappa shape index (κ1) is 5.16. The molecule has 3 N–H and O–H groups in total. The summed E-state index contributed by atoms with van der Waals surface area (Å²) in [4.78, 5) is 9.29. The molecule has 0 atom stereocenters. The summed E-state index contributed by atoms with van der Waals surface area (Å²) in [5.41, 5.74) is 0. The molecule has 0 aromatic rings. The van der Waals surface area contributed by atoms with Crippen LogP contribution in [-0.2, 0) is 0 Å². The molecule has 0 aliphatic carbocycles. The van der Waals surface area contributed by atoms with Crippen LogP contribution in [-0.4, -0.2) is 9.08 Å². The van der Waals surface area contributed by atoms with E-state index in [2.05, 4.69) is 3.95 Å². The minimum atomic E-state index is -1.04. The zero-order chi connectivity index (χ0) is 4.28. The monoisotopic (exact) mass is 188 g/mol. The summed E-state index contributed by atoms with van der Waals surface area (Å²) in [5, 5.41) is 7.65. The number of rotatable bonds is 1. The third-order valence-electron chi connectivity index (χ3n) is 0.0933. The zero-order valence-corrected chi connectivity index (χ0v) is 4.47. The van der Waals surface area contributed by atoms with Crippen LogP contribution < -0.4 is 25.4 Å². The van der Waals surface area contributed by atoms with Crippen molar-refractivity contribution < 1.29 is 31.4 Å².